The second-order valence-corrected chi connectivity index (χ2v) is 6.05. The summed E-state index contributed by atoms with van der Waals surface area (Å²) in [6.07, 6.45) is 3.58. The number of carbonyl (C=O) groups excluding carboxylic acids is 1. The molecule has 0 spiro atoms. The molecule has 0 aromatic rings. The van der Waals surface area contributed by atoms with Crippen LogP contribution in [0.15, 0.2) is 0 Å². The van der Waals surface area contributed by atoms with Crippen molar-refractivity contribution < 1.29 is 4.79 Å². The van der Waals surface area contributed by atoms with Crippen molar-refractivity contribution in [1.82, 2.24) is 4.90 Å². The van der Waals surface area contributed by atoms with Crippen LogP contribution in [0.4, 0.5) is 0 Å². The van der Waals surface area contributed by atoms with E-state index in [1.165, 1.54) is 12.8 Å². The minimum Gasteiger partial charge on any atom is -0.342 e. The van der Waals surface area contributed by atoms with Gasteiger partial charge in [-0.25, -0.2) is 0 Å². The smallest absolute Gasteiger partial charge is 0.228 e. The summed E-state index contributed by atoms with van der Waals surface area (Å²) in [5.74, 6) is 0.352. The van der Waals surface area contributed by atoms with Crippen molar-refractivity contribution in [3.8, 4) is 0 Å². The third-order valence-electron chi connectivity index (χ3n) is 3.64. The molecular weight excluding hydrogens is 242 g/mol. The summed E-state index contributed by atoms with van der Waals surface area (Å²) in [6.45, 7) is 6.05. The van der Waals surface area contributed by atoms with Crippen LogP contribution >= 0.6 is 15.9 Å². The Morgan fingerprint density at radius 1 is 1.36 bits per heavy atom. The van der Waals surface area contributed by atoms with Gasteiger partial charge in [0.25, 0.3) is 0 Å². The molecule has 0 unspecified atom stereocenters. The van der Waals surface area contributed by atoms with Gasteiger partial charge >= 0.3 is 0 Å². The van der Waals surface area contributed by atoms with Crippen LogP contribution in [0.2, 0.25) is 0 Å². The van der Waals surface area contributed by atoms with Crippen LogP contribution in [0, 0.1) is 10.8 Å². The molecular formula is C11H18BrNO. The van der Waals surface area contributed by atoms with Gasteiger partial charge in [0.05, 0.1) is 0 Å². The lowest BCUT2D eigenvalue weighted by Crippen LogP contribution is -2.36. The van der Waals surface area contributed by atoms with E-state index in [1.54, 1.807) is 0 Å². The molecule has 2 aliphatic rings. The molecule has 1 saturated carbocycles. The number of carbonyl (C=O) groups is 1. The predicted octanol–water partition coefficient (Wildman–Crippen LogP) is 2.42. The first kappa shape index (κ1) is 10.5. The molecule has 0 aromatic heterocycles. The van der Waals surface area contributed by atoms with Crippen molar-refractivity contribution in [2.24, 2.45) is 10.8 Å². The van der Waals surface area contributed by atoms with Crippen LogP contribution < -0.4 is 0 Å². The molecule has 1 heterocycles. The number of nitrogens with zero attached hydrogens (tertiary/aromatic N) is 1. The standard InChI is InChI=1S/C11H18BrNO/c1-10(2)5-6-13(9(10)14)8-11(7-12)3-4-11/h3-8H2,1-2H3. The first-order valence-electron chi connectivity index (χ1n) is 5.35. The summed E-state index contributed by atoms with van der Waals surface area (Å²) in [6, 6.07) is 0. The predicted molar refractivity (Wildman–Crippen MR) is 60.4 cm³/mol. The molecule has 2 nitrogen and oxygen atoms in total. The third kappa shape index (κ3) is 1.71. The zero-order valence-electron chi connectivity index (χ0n) is 8.98. The maximum atomic E-state index is 12.0. The van der Waals surface area contributed by atoms with Crippen LogP contribution in [0.5, 0.6) is 0 Å². The van der Waals surface area contributed by atoms with Crippen LogP contribution in [0.3, 0.4) is 0 Å². The summed E-state index contributed by atoms with van der Waals surface area (Å²) < 4.78 is 0. The summed E-state index contributed by atoms with van der Waals surface area (Å²) in [7, 11) is 0. The molecule has 0 aromatic carbocycles. The minimum atomic E-state index is -0.109. The molecule has 2 fully saturated rings. The van der Waals surface area contributed by atoms with E-state index in [2.05, 4.69) is 34.7 Å². The van der Waals surface area contributed by atoms with E-state index in [4.69, 9.17) is 0 Å². The van der Waals surface area contributed by atoms with Gasteiger partial charge in [-0.3, -0.25) is 4.79 Å². The Hall–Kier alpha value is -0.0500. The number of likely N-dealkylation sites (tertiary alicyclic amines) is 1. The van der Waals surface area contributed by atoms with Crippen LogP contribution in [-0.4, -0.2) is 29.2 Å². The minimum absolute atomic E-state index is 0.109. The average molecular weight is 260 g/mol. The maximum absolute atomic E-state index is 12.0. The number of hydrogen-bond acceptors (Lipinski definition) is 1. The Morgan fingerprint density at radius 2 is 2.00 bits per heavy atom. The molecule has 0 N–H and O–H groups in total. The number of halogens is 1. The molecule has 14 heavy (non-hydrogen) atoms. The van der Waals surface area contributed by atoms with E-state index >= 15 is 0 Å². The number of amides is 1. The summed E-state index contributed by atoms with van der Waals surface area (Å²) in [4.78, 5) is 14.0. The SMILES string of the molecule is CC1(C)CCN(CC2(CBr)CC2)C1=O. The molecule has 80 valence electrons. The van der Waals surface area contributed by atoms with Gasteiger partial charge in [-0.05, 0) is 24.7 Å². The van der Waals surface area contributed by atoms with E-state index in [-0.39, 0.29) is 5.41 Å². The topological polar surface area (TPSA) is 20.3 Å². The Kier molecular flexibility index (Phi) is 2.41. The Bertz CT molecular complexity index is 258. The lowest BCUT2D eigenvalue weighted by molar-refractivity contribution is -0.135. The molecule has 1 aliphatic carbocycles. The molecule has 3 heteroatoms. The average Bonchev–Trinajstić information content (AvgIpc) is 2.87. The van der Waals surface area contributed by atoms with E-state index in [1.807, 2.05) is 0 Å². The van der Waals surface area contributed by atoms with Crippen LogP contribution in [0.1, 0.15) is 33.1 Å². The van der Waals surface area contributed by atoms with Gasteiger partial charge in [0, 0.05) is 23.8 Å². The molecule has 1 amide bonds. The maximum Gasteiger partial charge on any atom is 0.228 e. The molecule has 1 saturated heterocycles. The van der Waals surface area contributed by atoms with Crippen molar-refractivity contribution in [2.45, 2.75) is 33.1 Å². The Morgan fingerprint density at radius 3 is 2.36 bits per heavy atom. The normalized spacial score (nSPS) is 28.2. The molecule has 0 atom stereocenters. The molecule has 2 rings (SSSR count). The first-order valence-corrected chi connectivity index (χ1v) is 6.47. The second-order valence-electron chi connectivity index (χ2n) is 5.49. The van der Waals surface area contributed by atoms with E-state index < -0.39 is 0 Å². The third-order valence-corrected chi connectivity index (χ3v) is 4.83. The fourth-order valence-corrected chi connectivity index (χ4v) is 2.86. The fraction of sp³-hybridized carbons (Fsp3) is 0.909. The highest BCUT2D eigenvalue weighted by Crippen LogP contribution is 2.48. The van der Waals surface area contributed by atoms with Gasteiger partial charge in [0.2, 0.25) is 5.91 Å². The Labute approximate surface area is 94.2 Å². The lowest BCUT2D eigenvalue weighted by Gasteiger charge is -2.23. The number of alkyl halides is 1. The Balaban J connectivity index is 1.98. The zero-order chi connectivity index (χ0) is 10.4. The van der Waals surface area contributed by atoms with Gasteiger partial charge in [0.15, 0.2) is 0 Å². The summed E-state index contributed by atoms with van der Waals surface area (Å²) in [5, 5.41) is 1.05. The monoisotopic (exact) mass is 259 g/mol. The van der Waals surface area contributed by atoms with E-state index in [0.717, 1.165) is 24.8 Å². The van der Waals surface area contributed by atoms with Gasteiger partial charge in [-0.1, -0.05) is 29.8 Å². The van der Waals surface area contributed by atoms with Crippen LogP contribution in [-0.2, 0) is 4.79 Å². The van der Waals surface area contributed by atoms with E-state index in [9.17, 15) is 4.79 Å². The van der Waals surface area contributed by atoms with Crippen molar-refractivity contribution in [3.05, 3.63) is 0 Å². The number of rotatable bonds is 3. The number of hydrogen-bond donors (Lipinski definition) is 0. The van der Waals surface area contributed by atoms with Crippen LogP contribution in [0.25, 0.3) is 0 Å². The van der Waals surface area contributed by atoms with Crippen molar-refractivity contribution in [1.29, 1.82) is 0 Å². The first-order chi connectivity index (χ1) is 6.49. The highest BCUT2D eigenvalue weighted by molar-refractivity contribution is 9.09. The second kappa shape index (κ2) is 3.22. The van der Waals surface area contributed by atoms with Crippen molar-refractivity contribution in [2.75, 3.05) is 18.4 Å². The molecule has 1 aliphatic heterocycles. The van der Waals surface area contributed by atoms with Gasteiger partial charge in [-0.15, -0.1) is 0 Å². The van der Waals surface area contributed by atoms with Crippen molar-refractivity contribution >= 4 is 21.8 Å². The zero-order valence-corrected chi connectivity index (χ0v) is 10.6. The van der Waals surface area contributed by atoms with Crippen molar-refractivity contribution in [3.63, 3.8) is 0 Å². The van der Waals surface area contributed by atoms with Gasteiger partial charge in [-0.2, -0.15) is 0 Å². The highest BCUT2D eigenvalue weighted by Gasteiger charge is 2.47. The molecule has 0 radical (unpaired) electrons. The highest BCUT2D eigenvalue weighted by atomic mass is 79.9. The largest absolute Gasteiger partial charge is 0.342 e. The molecule has 0 bridgehead atoms. The van der Waals surface area contributed by atoms with Gasteiger partial charge in [0.1, 0.15) is 0 Å². The quantitative estimate of drug-likeness (QED) is 0.714. The lowest BCUT2D eigenvalue weighted by atomic mass is 9.92. The summed E-state index contributed by atoms with van der Waals surface area (Å²) >= 11 is 3.55. The summed E-state index contributed by atoms with van der Waals surface area (Å²) in [5.41, 5.74) is 0.318. The van der Waals surface area contributed by atoms with E-state index in [0.29, 0.717) is 11.3 Å². The van der Waals surface area contributed by atoms with Gasteiger partial charge < -0.3 is 4.90 Å². The fourth-order valence-electron chi connectivity index (χ4n) is 2.12.